The Morgan fingerprint density at radius 1 is 1.41 bits per heavy atom. The first kappa shape index (κ1) is 12.0. The van der Waals surface area contributed by atoms with Crippen molar-refractivity contribution in [3.8, 4) is 0 Å². The second-order valence-corrected chi connectivity index (χ2v) is 5.07. The van der Waals surface area contributed by atoms with Crippen LogP contribution in [0, 0.1) is 15.5 Å². The SMILES string of the molecule is CC(N)C1(CCc2ccc([N+](=O)[O-])cc2)CC1. The van der Waals surface area contributed by atoms with Gasteiger partial charge in [0.1, 0.15) is 0 Å². The van der Waals surface area contributed by atoms with Gasteiger partial charge in [0.15, 0.2) is 0 Å². The maximum Gasteiger partial charge on any atom is 0.269 e. The minimum Gasteiger partial charge on any atom is -0.327 e. The predicted molar refractivity (Wildman–Crippen MR) is 66.7 cm³/mol. The fourth-order valence-electron chi connectivity index (χ4n) is 2.27. The number of nitrogens with two attached hydrogens (primary N) is 1. The van der Waals surface area contributed by atoms with E-state index in [1.165, 1.54) is 12.8 Å². The van der Waals surface area contributed by atoms with Gasteiger partial charge in [0, 0.05) is 18.2 Å². The van der Waals surface area contributed by atoms with E-state index < -0.39 is 0 Å². The first-order chi connectivity index (χ1) is 8.03. The van der Waals surface area contributed by atoms with Crippen molar-refractivity contribution in [2.24, 2.45) is 11.1 Å². The summed E-state index contributed by atoms with van der Waals surface area (Å²) in [7, 11) is 0. The largest absolute Gasteiger partial charge is 0.327 e. The van der Waals surface area contributed by atoms with E-state index in [4.69, 9.17) is 5.73 Å². The maximum absolute atomic E-state index is 10.5. The van der Waals surface area contributed by atoms with Gasteiger partial charge in [-0.15, -0.1) is 0 Å². The van der Waals surface area contributed by atoms with Crippen LogP contribution in [0.1, 0.15) is 31.7 Å². The van der Waals surface area contributed by atoms with E-state index in [1.54, 1.807) is 12.1 Å². The van der Waals surface area contributed by atoms with Crippen LogP contribution in [-0.4, -0.2) is 11.0 Å². The number of rotatable bonds is 5. The highest BCUT2D eigenvalue weighted by Gasteiger charge is 2.44. The Labute approximate surface area is 101 Å². The summed E-state index contributed by atoms with van der Waals surface area (Å²) in [6, 6.07) is 7.08. The van der Waals surface area contributed by atoms with Gasteiger partial charge < -0.3 is 5.73 Å². The molecule has 1 fully saturated rings. The van der Waals surface area contributed by atoms with Gasteiger partial charge in [-0.1, -0.05) is 12.1 Å². The Morgan fingerprint density at radius 3 is 2.41 bits per heavy atom. The van der Waals surface area contributed by atoms with Crippen molar-refractivity contribution in [2.45, 2.75) is 38.6 Å². The third-order valence-electron chi connectivity index (χ3n) is 3.92. The van der Waals surface area contributed by atoms with Crippen LogP contribution in [0.5, 0.6) is 0 Å². The van der Waals surface area contributed by atoms with Gasteiger partial charge >= 0.3 is 0 Å². The highest BCUT2D eigenvalue weighted by atomic mass is 16.6. The van der Waals surface area contributed by atoms with Crippen LogP contribution in [0.2, 0.25) is 0 Å². The Morgan fingerprint density at radius 2 is 2.00 bits per heavy atom. The van der Waals surface area contributed by atoms with Gasteiger partial charge in [0.2, 0.25) is 0 Å². The molecule has 4 nitrogen and oxygen atoms in total. The number of nitro groups is 1. The molecule has 1 saturated carbocycles. The van der Waals surface area contributed by atoms with Crippen LogP contribution in [-0.2, 0) is 6.42 Å². The van der Waals surface area contributed by atoms with E-state index in [0.29, 0.717) is 5.41 Å². The molecule has 0 radical (unpaired) electrons. The molecule has 0 bridgehead atoms. The van der Waals surface area contributed by atoms with Gasteiger partial charge in [-0.2, -0.15) is 0 Å². The number of hydrogen-bond acceptors (Lipinski definition) is 3. The molecule has 0 spiro atoms. The van der Waals surface area contributed by atoms with Crippen molar-refractivity contribution in [1.29, 1.82) is 0 Å². The zero-order valence-corrected chi connectivity index (χ0v) is 10.1. The molecular formula is C13H18N2O2. The lowest BCUT2D eigenvalue weighted by Gasteiger charge is -2.19. The summed E-state index contributed by atoms with van der Waals surface area (Å²) in [5.74, 6) is 0. The molecule has 4 heteroatoms. The zero-order chi connectivity index (χ0) is 12.5. The van der Waals surface area contributed by atoms with Crippen molar-refractivity contribution in [1.82, 2.24) is 0 Å². The zero-order valence-electron chi connectivity index (χ0n) is 10.1. The molecule has 1 aromatic rings. The van der Waals surface area contributed by atoms with Crippen molar-refractivity contribution in [3.05, 3.63) is 39.9 Å². The average molecular weight is 234 g/mol. The number of benzene rings is 1. The molecule has 1 unspecified atom stereocenters. The topological polar surface area (TPSA) is 69.2 Å². The number of hydrogen-bond donors (Lipinski definition) is 1. The van der Waals surface area contributed by atoms with Crippen molar-refractivity contribution in [2.75, 3.05) is 0 Å². The molecule has 1 aliphatic rings. The van der Waals surface area contributed by atoms with E-state index in [9.17, 15) is 10.1 Å². The Bertz CT molecular complexity index is 408. The third-order valence-corrected chi connectivity index (χ3v) is 3.92. The average Bonchev–Trinajstić information content (AvgIpc) is 3.08. The lowest BCUT2D eigenvalue weighted by atomic mass is 9.91. The lowest BCUT2D eigenvalue weighted by Crippen LogP contribution is -2.28. The molecule has 0 aromatic heterocycles. The highest BCUT2D eigenvalue weighted by molar-refractivity contribution is 5.33. The van der Waals surface area contributed by atoms with Crippen LogP contribution in [0.3, 0.4) is 0 Å². The quantitative estimate of drug-likeness (QED) is 0.629. The molecule has 2 N–H and O–H groups in total. The van der Waals surface area contributed by atoms with Crippen molar-refractivity contribution >= 4 is 5.69 Å². The fraction of sp³-hybridized carbons (Fsp3) is 0.538. The van der Waals surface area contributed by atoms with Crippen LogP contribution in [0.4, 0.5) is 5.69 Å². The van der Waals surface area contributed by atoms with Gasteiger partial charge in [-0.05, 0) is 43.6 Å². The molecular weight excluding hydrogens is 216 g/mol. The Balaban J connectivity index is 1.94. The molecule has 1 aliphatic carbocycles. The van der Waals surface area contributed by atoms with Gasteiger partial charge in [0.05, 0.1) is 4.92 Å². The number of nitrogens with zero attached hydrogens (tertiary/aromatic N) is 1. The fourth-order valence-corrected chi connectivity index (χ4v) is 2.27. The van der Waals surface area contributed by atoms with E-state index in [0.717, 1.165) is 18.4 Å². The Kier molecular flexibility index (Phi) is 3.15. The monoisotopic (exact) mass is 234 g/mol. The van der Waals surface area contributed by atoms with Crippen LogP contribution >= 0.6 is 0 Å². The number of aryl methyl sites for hydroxylation is 1. The first-order valence-corrected chi connectivity index (χ1v) is 6.02. The number of nitro benzene ring substituents is 1. The molecule has 0 saturated heterocycles. The summed E-state index contributed by atoms with van der Waals surface area (Å²) >= 11 is 0. The molecule has 1 aromatic carbocycles. The normalized spacial score (nSPS) is 18.7. The summed E-state index contributed by atoms with van der Waals surface area (Å²) in [4.78, 5) is 10.2. The molecule has 0 aliphatic heterocycles. The van der Waals surface area contributed by atoms with Crippen LogP contribution < -0.4 is 5.73 Å². The number of non-ortho nitro benzene ring substituents is 1. The standard InChI is InChI=1S/C13H18N2O2/c1-10(14)13(8-9-13)7-6-11-2-4-12(5-3-11)15(16)17/h2-5,10H,6-9,14H2,1H3. The minimum absolute atomic E-state index is 0.155. The molecule has 0 amide bonds. The van der Waals surface area contributed by atoms with Gasteiger partial charge in [-0.25, -0.2) is 0 Å². The van der Waals surface area contributed by atoms with E-state index in [2.05, 4.69) is 6.92 Å². The van der Waals surface area contributed by atoms with E-state index >= 15 is 0 Å². The summed E-state index contributed by atoms with van der Waals surface area (Å²) in [5.41, 5.74) is 7.62. The summed E-state index contributed by atoms with van der Waals surface area (Å²) in [6.45, 7) is 2.07. The van der Waals surface area contributed by atoms with Crippen molar-refractivity contribution < 1.29 is 4.92 Å². The molecule has 17 heavy (non-hydrogen) atoms. The smallest absolute Gasteiger partial charge is 0.269 e. The Hall–Kier alpha value is -1.42. The minimum atomic E-state index is -0.367. The second-order valence-electron chi connectivity index (χ2n) is 5.07. The third kappa shape index (κ3) is 2.64. The van der Waals surface area contributed by atoms with Gasteiger partial charge in [-0.3, -0.25) is 10.1 Å². The summed E-state index contributed by atoms with van der Waals surface area (Å²) in [5, 5.41) is 10.5. The molecule has 1 atom stereocenters. The van der Waals surface area contributed by atoms with Crippen LogP contribution in [0.15, 0.2) is 24.3 Å². The lowest BCUT2D eigenvalue weighted by molar-refractivity contribution is -0.384. The molecule has 0 heterocycles. The predicted octanol–water partition coefficient (Wildman–Crippen LogP) is 2.65. The molecule has 2 rings (SSSR count). The van der Waals surface area contributed by atoms with Crippen LogP contribution in [0.25, 0.3) is 0 Å². The van der Waals surface area contributed by atoms with Gasteiger partial charge in [0.25, 0.3) is 5.69 Å². The van der Waals surface area contributed by atoms with E-state index in [-0.39, 0.29) is 16.7 Å². The maximum atomic E-state index is 10.5. The summed E-state index contributed by atoms with van der Waals surface area (Å²) < 4.78 is 0. The van der Waals surface area contributed by atoms with E-state index in [1.807, 2.05) is 12.1 Å². The highest BCUT2D eigenvalue weighted by Crippen LogP contribution is 2.51. The second kappa shape index (κ2) is 4.45. The summed E-state index contributed by atoms with van der Waals surface area (Å²) in [6.07, 6.45) is 4.48. The van der Waals surface area contributed by atoms with Crippen molar-refractivity contribution in [3.63, 3.8) is 0 Å². The molecule has 92 valence electrons. The first-order valence-electron chi connectivity index (χ1n) is 6.02.